The second-order valence-electron chi connectivity index (χ2n) is 3.28. The number of aliphatic hydroxyl groups excluding tert-OH is 1. The molecule has 1 rings (SSSR count). The zero-order chi connectivity index (χ0) is 11.3. The maximum absolute atomic E-state index is 8.95. The van der Waals surface area contributed by atoms with Crippen molar-refractivity contribution in [2.75, 3.05) is 30.3 Å². The van der Waals surface area contributed by atoms with E-state index in [4.69, 9.17) is 10.8 Å². The number of rotatable bonds is 5. The Labute approximate surface area is 98.2 Å². The Morgan fingerprint density at radius 2 is 2.27 bits per heavy atom. The predicted octanol–water partition coefficient (Wildman–Crippen LogP) is 1.64. The molecule has 0 bridgehead atoms. The number of hydrogen-bond donors (Lipinski definition) is 2. The molecule has 0 saturated heterocycles. The summed E-state index contributed by atoms with van der Waals surface area (Å²) in [5.74, 6) is 0.745. The minimum Gasteiger partial charge on any atom is -0.396 e. The molecule has 0 saturated carbocycles. The van der Waals surface area contributed by atoms with Gasteiger partial charge in [-0.25, -0.2) is 4.98 Å². The number of nitrogens with two attached hydrogens (primary N) is 1. The lowest BCUT2D eigenvalue weighted by atomic mass is 10.3. The normalized spacial score (nSPS) is 10.3. The van der Waals surface area contributed by atoms with Crippen LogP contribution in [0.3, 0.4) is 0 Å². The Morgan fingerprint density at radius 1 is 1.53 bits per heavy atom. The van der Waals surface area contributed by atoms with Gasteiger partial charge in [0.15, 0.2) is 5.82 Å². The lowest BCUT2D eigenvalue weighted by molar-refractivity contribution is 0.301. The average molecular weight is 274 g/mol. The van der Waals surface area contributed by atoms with Crippen LogP contribution >= 0.6 is 15.9 Å². The van der Waals surface area contributed by atoms with Gasteiger partial charge in [0.05, 0.1) is 12.3 Å². The molecule has 0 spiro atoms. The van der Waals surface area contributed by atoms with Crippen molar-refractivity contribution in [1.29, 1.82) is 0 Å². The first-order chi connectivity index (χ1) is 7.19. The van der Waals surface area contributed by atoms with E-state index in [9.17, 15) is 0 Å². The van der Waals surface area contributed by atoms with Crippen molar-refractivity contribution in [1.82, 2.24) is 4.98 Å². The molecule has 0 amide bonds. The minimum atomic E-state index is 0.108. The van der Waals surface area contributed by atoms with Crippen LogP contribution in [0.25, 0.3) is 0 Å². The molecule has 0 aliphatic heterocycles. The van der Waals surface area contributed by atoms with Crippen molar-refractivity contribution in [3.8, 4) is 0 Å². The van der Waals surface area contributed by atoms with Crippen molar-refractivity contribution in [3.05, 3.63) is 16.7 Å². The van der Waals surface area contributed by atoms with Crippen LogP contribution < -0.4 is 10.6 Å². The fourth-order valence-electron chi connectivity index (χ4n) is 1.43. The Morgan fingerprint density at radius 3 is 2.80 bits per heavy atom. The van der Waals surface area contributed by atoms with Crippen LogP contribution in [0.4, 0.5) is 11.5 Å². The van der Waals surface area contributed by atoms with Crippen molar-refractivity contribution in [2.24, 2.45) is 0 Å². The van der Waals surface area contributed by atoms with Crippen molar-refractivity contribution in [2.45, 2.75) is 13.3 Å². The molecule has 1 heterocycles. The largest absolute Gasteiger partial charge is 0.396 e. The Balaban J connectivity index is 2.89. The van der Waals surface area contributed by atoms with E-state index in [0.717, 1.165) is 23.3 Å². The summed E-state index contributed by atoms with van der Waals surface area (Å²) in [6.07, 6.45) is 2.71. The van der Waals surface area contributed by atoms with E-state index < -0.39 is 0 Å². The molecule has 3 N–H and O–H groups in total. The van der Waals surface area contributed by atoms with Crippen molar-refractivity contribution >= 4 is 27.4 Å². The molecule has 0 aliphatic rings. The Hall–Kier alpha value is -0.810. The molecule has 0 radical (unpaired) electrons. The van der Waals surface area contributed by atoms with Crippen molar-refractivity contribution in [3.63, 3.8) is 0 Å². The molecule has 1 aromatic heterocycles. The summed E-state index contributed by atoms with van der Waals surface area (Å²) in [4.78, 5) is 6.25. The van der Waals surface area contributed by atoms with Gasteiger partial charge in [-0.05, 0) is 28.4 Å². The van der Waals surface area contributed by atoms with Crippen LogP contribution in [-0.4, -0.2) is 29.8 Å². The van der Waals surface area contributed by atoms with Gasteiger partial charge >= 0.3 is 0 Å². The second kappa shape index (κ2) is 5.92. The summed E-state index contributed by atoms with van der Waals surface area (Å²) in [5, 5.41) is 8.95. The van der Waals surface area contributed by atoms with Crippen LogP contribution in [0.15, 0.2) is 16.7 Å². The van der Waals surface area contributed by atoms with E-state index in [1.54, 1.807) is 6.20 Å². The van der Waals surface area contributed by atoms with Gasteiger partial charge in [0.2, 0.25) is 0 Å². The molecule has 0 atom stereocenters. The highest BCUT2D eigenvalue weighted by atomic mass is 79.9. The van der Waals surface area contributed by atoms with Gasteiger partial charge in [0.25, 0.3) is 0 Å². The SMILES string of the molecule is CCCN(CCO)c1ncc(Br)cc1N. The van der Waals surface area contributed by atoms with Gasteiger partial charge < -0.3 is 15.7 Å². The maximum atomic E-state index is 8.95. The highest BCUT2D eigenvalue weighted by Crippen LogP contribution is 2.23. The summed E-state index contributed by atoms with van der Waals surface area (Å²) < 4.78 is 0.865. The van der Waals surface area contributed by atoms with E-state index >= 15 is 0 Å². The van der Waals surface area contributed by atoms with Gasteiger partial charge in [-0.15, -0.1) is 0 Å². The number of halogens is 1. The number of pyridine rings is 1. The molecular weight excluding hydrogens is 258 g/mol. The standard InChI is InChI=1S/C10H16BrN3O/c1-2-3-14(4-5-15)10-9(12)6-8(11)7-13-10/h6-7,15H,2-5,12H2,1H3. The van der Waals surface area contributed by atoms with Gasteiger partial charge in [0, 0.05) is 23.8 Å². The number of nitrogens with zero attached hydrogens (tertiary/aromatic N) is 2. The monoisotopic (exact) mass is 273 g/mol. The third kappa shape index (κ3) is 3.35. The Kier molecular flexibility index (Phi) is 4.84. The number of aliphatic hydroxyl groups is 1. The molecule has 4 nitrogen and oxygen atoms in total. The van der Waals surface area contributed by atoms with Gasteiger partial charge in [0.1, 0.15) is 0 Å². The number of anilines is 2. The zero-order valence-electron chi connectivity index (χ0n) is 8.78. The number of nitrogen functional groups attached to an aromatic ring is 1. The van der Waals surface area contributed by atoms with Crippen LogP contribution in [0.1, 0.15) is 13.3 Å². The lowest BCUT2D eigenvalue weighted by Crippen LogP contribution is -2.29. The zero-order valence-corrected chi connectivity index (χ0v) is 10.4. The van der Waals surface area contributed by atoms with E-state index in [2.05, 4.69) is 27.8 Å². The van der Waals surface area contributed by atoms with Gasteiger partial charge in [-0.2, -0.15) is 0 Å². The quantitative estimate of drug-likeness (QED) is 0.856. The first-order valence-electron chi connectivity index (χ1n) is 4.95. The third-order valence-electron chi connectivity index (χ3n) is 2.02. The molecule has 15 heavy (non-hydrogen) atoms. The molecule has 0 aromatic carbocycles. The highest BCUT2D eigenvalue weighted by molar-refractivity contribution is 9.10. The smallest absolute Gasteiger partial charge is 0.151 e. The third-order valence-corrected chi connectivity index (χ3v) is 2.46. The second-order valence-corrected chi connectivity index (χ2v) is 4.19. The highest BCUT2D eigenvalue weighted by Gasteiger charge is 2.10. The number of aromatic nitrogens is 1. The van der Waals surface area contributed by atoms with Gasteiger partial charge in [-0.3, -0.25) is 0 Å². The Bertz CT molecular complexity index is 314. The summed E-state index contributed by atoms with van der Waals surface area (Å²) >= 11 is 3.31. The molecule has 0 unspecified atom stereocenters. The maximum Gasteiger partial charge on any atom is 0.151 e. The number of hydrogen-bond acceptors (Lipinski definition) is 4. The first kappa shape index (κ1) is 12.3. The topological polar surface area (TPSA) is 62.4 Å². The van der Waals surface area contributed by atoms with Crippen LogP contribution in [0.5, 0.6) is 0 Å². The van der Waals surface area contributed by atoms with Gasteiger partial charge in [-0.1, -0.05) is 6.92 Å². The fourth-order valence-corrected chi connectivity index (χ4v) is 1.78. The predicted molar refractivity (Wildman–Crippen MR) is 65.9 cm³/mol. The van der Waals surface area contributed by atoms with E-state index in [1.807, 2.05) is 11.0 Å². The minimum absolute atomic E-state index is 0.108. The molecular formula is C10H16BrN3O. The van der Waals surface area contributed by atoms with E-state index in [1.165, 1.54) is 0 Å². The summed E-state index contributed by atoms with van der Waals surface area (Å²) in [6, 6.07) is 1.82. The van der Waals surface area contributed by atoms with Crippen LogP contribution in [0, 0.1) is 0 Å². The lowest BCUT2D eigenvalue weighted by Gasteiger charge is -2.23. The summed E-state index contributed by atoms with van der Waals surface area (Å²) in [7, 11) is 0. The van der Waals surface area contributed by atoms with Crippen molar-refractivity contribution < 1.29 is 5.11 Å². The average Bonchev–Trinajstić information content (AvgIpc) is 2.17. The van der Waals surface area contributed by atoms with Crippen LogP contribution in [-0.2, 0) is 0 Å². The summed E-state index contributed by atoms with van der Waals surface area (Å²) in [5.41, 5.74) is 6.50. The summed E-state index contributed by atoms with van der Waals surface area (Å²) in [6.45, 7) is 3.60. The first-order valence-corrected chi connectivity index (χ1v) is 5.75. The van der Waals surface area contributed by atoms with E-state index in [0.29, 0.717) is 12.2 Å². The molecule has 0 fully saturated rings. The van der Waals surface area contributed by atoms with Crippen LogP contribution in [0.2, 0.25) is 0 Å². The molecule has 84 valence electrons. The molecule has 5 heteroatoms. The molecule has 0 aliphatic carbocycles. The fraction of sp³-hybridized carbons (Fsp3) is 0.500. The molecule has 1 aromatic rings. The van der Waals surface area contributed by atoms with E-state index in [-0.39, 0.29) is 6.61 Å².